The molecule has 0 aliphatic rings. The minimum absolute atomic E-state index is 0.235. The summed E-state index contributed by atoms with van der Waals surface area (Å²) in [6, 6.07) is 0. The summed E-state index contributed by atoms with van der Waals surface area (Å²) in [5.74, 6) is -0.693. The Kier molecular flexibility index (Phi) is 16.5. The van der Waals surface area contributed by atoms with Gasteiger partial charge in [-0.05, 0) is 12.8 Å². The van der Waals surface area contributed by atoms with Crippen molar-refractivity contribution in [2.75, 3.05) is 27.2 Å². The highest BCUT2D eigenvalue weighted by atomic mass is 16.4. The lowest BCUT2D eigenvalue weighted by Gasteiger charge is -2.27. The fourth-order valence-corrected chi connectivity index (χ4v) is 3.53. The molecule has 0 unspecified atom stereocenters. The summed E-state index contributed by atoms with van der Waals surface area (Å²) in [5, 5.41) is 8.87. The molecule has 0 aromatic rings. The van der Waals surface area contributed by atoms with Crippen molar-refractivity contribution >= 4 is 5.97 Å². The predicted octanol–water partition coefficient (Wildman–Crippen LogP) is 6.41. The maximum atomic E-state index is 10.8. The lowest BCUT2D eigenvalue weighted by atomic mass is 10.0. The van der Waals surface area contributed by atoms with Gasteiger partial charge in [0.05, 0.1) is 20.6 Å². The summed E-state index contributed by atoms with van der Waals surface area (Å²) in [6.07, 6.45) is 22.1. The summed E-state index contributed by atoms with van der Waals surface area (Å²) in [7, 11) is 4.03. The van der Waals surface area contributed by atoms with Crippen LogP contribution in [0.25, 0.3) is 0 Å². The second-order valence-electron chi connectivity index (χ2n) is 8.51. The highest BCUT2D eigenvalue weighted by Gasteiger charge is 2.18. The van der Waals surface area contributed by atoms with Crippen molar-refractivity contribution in [3.63, 3.8) is 0 Å². The molecule has 0 saturated carbocycles. The molecular weight excluding hydrogens is 310 g/mol. The van der Waals surface area contributed by atoms with Crippen LogP contribution < -0.4 is 0 Å². The Morgan fingerprint density at radius 3 is 1.28 bits per heavy atom. The van der Waals surface area contributed by atoms with E-state index in [0.717, 1.165) is 13.0 Å². The number of likely N-dealkylation sites (N-methyl/N-ethyl adjacent to an activating group) is 1. The van der Waals surface area contributed by atoms with Crippen molar-refractivity contribution in [3.8, 4) is 0 Å². The van der Waals surface area contributed by atoms with E-state index in [4.69, 9.17) is 5.11 Å². The summed E-state index contributed by atoms with van der Waals surface area (Å²) in [6.45, 7) is 3.49. The van der Waals surface area contributed by atoms with Gasteiger partial charge in [-0.15, -0.1) is 0 Å². The topological polar surface area (TPSA) is 37.3 Å². The van der Waals surface area contributed by atoms with Gasteiger partial charge in [0, 0.05) is 0 Å². The molecule has 0 rings (SSSR count). The molecule has 0 aliphatic heterocycles. The second-order valence-corrected chi connectivity index (χ2v) is 8.51. The fraction of sp³-hybridized carbons (Fsp3) is 0.955. The average Bonchev–Trinajstić information content (AvgIpc) is 2.53. The summed E-state index contributed by atoms with van der Waals surface area (Å²) in [5.41, 5.74) is 0. The largest absolute Gasteiger partial charge is 0.477 e. The van der Waals surface area contributed by atoms with Crippen molar-refractivity contribution < 1.29 is 14.4 Å². The first-order chi connectivity index (χ1) is 12.0. The second kappa shape index (κ2) is 16.9. The molecule has 0 aromatic carbocycles. The van der Waals surface area contributed by atoms with Gasteiger partial charge < -0.3 is 9.59 Å². The third kappa shape index (κ3) is 19.6. The molecule has 0 bridgehead atoms. The predicted molar refractivity (Wildman–Crippen MR) is 109 cm³/mol. The molecule has 0 aliphatic carbocycles. The van der Waals surface area contributed by atoms with Crippen LogP contribution >= 0.6 is 0 Å². The van der Waals surface area contributed by atoms with Crippen LogP contribution in [-0.2, 0) is 4.79 Å². The van der Waals surface area contributed by atoms with Gasteiger partial charge in [-0.2, -0.15) is 0 Å². The zero-order valence-electron chi connectivity index (χ0n) is 17.5. The highest BCUT2D eigenvalue weighted by molar-refractivity contribution is 5.67. The van der Waals surface area contributed by atoms with Crippen LogP contribution in [0, 0.1) is 0 Å². The molecule has 3 nitrogen and oxygen atoms in total. The van der Waals surface area contributed by atoms with Crippen LogP contribution in [0.4, 0.5) is 0 Å². The van der Waals surface area contributed by atoms with E-state index in [1.165, 1.54) is 96.3 Å². The normalized spacial score (nSPS) is 11.8. The fourth-order valence-electron chi connectivity index (χ4n) is 3.53. The zero-order chi connectivity index (χ0) is 18.8. The van der Waals surface area contributed by atoms with E-state index in [0.29, 0.717) is 4.48 Å². The molecule has 0 spiro atoms. The molecule has 150 valence electrons. The number of aliphatic carboxylic acids is 1. The van der Waals surface area contributed by atoms with Crippen molar-refractivity contribution in [2.24, 2.45) is 0 Å². The molecular formula is C22H46NO2+. The van der Waals surface area contributed by atoms with Crippen LogP contribution in [0.2, 0.25) is 0 Å². The Balaban J connectivity index is 3.18. The third-order valence-corrected chi connectivity index (χ3v) is 5.18. The molecule has 3 heteroatoms. The molecule has 0 radical (unpaired) electrons. The van der Waals surface area contributed by atoms with E-state index in [1.54, 1.807) is 0 Å². The van der Waals surface area contributed by atoms with E-state index in [1.807, 2.05) is 14.1 Å². The Bertz CT molecular complexity index is 302. The minimum Gasteiger partial charge on any atom is -0.477 e. The SMILES string of the molecule is CCCCCCCCCCCCCCCCCC[N+](C)(C)CC(=O)O. The Labute approximate surface area is 157 Å². The standard InChI is InChI=1S/C22H45NO2/c1-4-5-6-7-8-9-10-11-12-13-14-15-16-17-18-19-20-23(2,3)21-22(24)25/h4-21H2,1-3H3/p+1. The molecule has 0 heterocycles. The Morgan fingerprint density at radius 1 is 0.640 bits per heavy atom. The van der Waals surface area contributed by atoms with Gasteiger partial charge >= 0.3 is 5.97 Å². The molecule has 0 atom stereocenters. The first kappa shape index (κ1) is 24.4. The minimum atomic E-state index is -0.693. The molecule has 0 aromatic heterocycles. The molecule has 25 heavy (non-hydrogen) atoms. The van der Waals surface area contributed by atoms with Gasteiger partial charge in [0.1, 0.15) is 0 Å². The van der Waals surface area contributed by atoms with E-state index >= 15 is 0 Å². The number of carbonyl (C=O) groups is 1. The lowest BCUT2D eigenvalue weighted by molar-refractivity contribution is -0.883. The van der Waals surface area contributed by atoms with Crippen molar-refractivity contribution in [3.05, 3.63) is 0 Å². The average molecular weight is 357 g/mol. The number of hydrogen-bond donors (Lipinski definition) is 1. The maximum absolute atomic E-state index is 10.8. The van der Waals surface area contributed by atoms with E-state index in [9.17, 15) is 4.79 Å². The van der Waals surface area contributed by atoms with E-state index < -0.39 is 5.97 Å². The van der Waals surface area contributed by atoms with Gasteiger partial charge in [0.15, 0.2) is 6.54 Å². The van der Waals surface area contributed by atoms with Crippen molar-refractivity contribution in [1.82, 2.24) is 0 Å². The molecule has 0 fully saturated rings. The first-order valence-corrected chi connectivity index (χ1v) is 11.0. The number of carboxylic acids is 1. The quantitative estimate of drug-likeness (QED) is 0.214. The molecule has 0 amide bonds. The summed E-state index contributed by atoms with van der Waals surface area (Å²) < 4.78 is 0.605. The number of quaternary nitrogens is 1. The van der Waals surface area contributed by atoms with Crippen molar-refractivity contribution in [2.45, 2.75) is 110 Å². The summed E-state index contributed by atoms with van der Waals surface area (Å²) >= 11 is 0. The maximum Gasteiger partial charge on any atom is 0.359 e. The first-order valence-electron chi connectivity index (χ1n) is 11.0. The smallest absolute Gasteiger partial charge is 0.359 e. The van der Waals surface area contributed by atoms with Crippen LogP contribution in [0.3, 0.4) is 0 Å². The van der Waals surface area contributed by atoms with Crippen LogP contribution in [0.15, 0.2) is 0 Å². The van der Waals surface area contributed by atoms with Gasteiger partial charge in [0.2, 0.25) is 0 Å². The molecule has 0 saturated heterocycles. The highest BCUT2D eigenvalue weighted by Crippen LogP contribution is 2.14. The number of carboxylic acid groups (broad SMARTS) is 1. The van der Waals surface area contributed by atoms with Crippen LogP contribution in [-0.4, -0.2) is 42.7 Å². The van der Waals surface area contributed by atoms with Gasteiger partial charge in [0.25, 0.3) is 0 Å². The lowest BCUT2D eigenvalue weighted by Crippen LogP contribution is -2.44. The van der Waals surface area contributed by atoms with E-state index in [2.05, 4.69) is 6.92 Å². The monoisotopic (exact) mass is 356 g/mol. The molecule has 1 N–H and O–H groups in total. The Hall–Kier alpha value is -0.570. The van der Waals surface area contributed by atoms with Gasteiger partial charge in [-0.3, -0.25) is 0 Å². The van der Waals surface area contributed by atoms with Gasteiger partial charge in [-0.1, -0.05) is 96.8 Å². The van der Waals surface area contributed by atoms with E-state index in [-0.39, 0.29) is 6.54 Å². The summed E-state index contributed by atoms with van der Waals surface area (Å²) in [4.78, 5) is 10.8. The van der Waals surface area contributed by atoms with Crippen LogP contribution in [0.5, 0.6) is 0 Å². The third-order valence-electron chi connectivity index (χ3n) is 5.18. The number of unbranched alkanes of at least 4 members (excludes halogenated alkanes) is 15. The zero-order valence-corrected chi connectivity index (χ0v) is 17.5. The number of nitrogens with zero attached hydrogens (tertiary/aromatic N) is 1. The number of hydrogen-bond acceptors (Lipinski definition) is 1. The van der Waals surface area contributed by atoms with Crippen LogP contribution in [0.1, 0.15) is 110 Å². The van der Waals surface area contributed by atoms with Gasteiger partial charge in [-0.25, -0.2) is 4.79 Å². The number of rotatable bonds is 19. The Morgan fingerprint density at radius 2 is 0.960 bits per heavy atom. The van der Waals surface area contributed by atoms with Crippen molar-refractivity contribution in [1.29, 1.82) is 0 Å².